The molecule has 3 rings (SSSR count). The van der Waals surface area contributed by atoms with Crippen LogP contribution < -0.4 is 5.32 Å². The molecule has 0 radical (unpaired) electrons. The van der Waals surface area contributed by atoms with Crippen molar-refractivity contribution in [2.24, 2.45) is 0 Å². The monoisotopic (exact) mass is 415 g/mol. The Morgan fingerprint density at radius 1 is 1.17 bits per heavy atom. The van der Waals surface area contributed by atoms with Gasteiger partial charge in [0.15, 0.2) is 5.69 Å². The molecule has 0 aliphatic carbocycles. The van der Waals surface area contributed by atoms with E-state index < -0.39 is 11.9 Å². The van der Waals surface area contributed by atoms with Crippen molar-refractivity contribution in [3.8, 4) is 11.3 Å². The minimum absolute atomic E-state index is 0.0329. The number of ether oxygens (including phenoxy) is 1. The van der Waals surface area contributed by atoms with Crippen LogP contribution in [-0.4, -0.2) is 28.5 Å². The van der Waals surface area contributed by atoms with Crippen molar-refractivity contribution in [1.82, 2.24) is 9.55 Å². The summed E-state index contributed by atoms with van der Waals surface area (Å²) >= 11 is 6.02. The summed E-state index contributed by atoms with van der Waals surface area (Å²) in [5.74, 6) is -1.45. The van der Waals surface area contributed by atoms with Crippen molar-refractivity contribution < 1.29 is 18.7 Å². The highest BCUT2D eigenvalue weighted by molar-refractivity contribution is 6.33. The van der Waals surface area contributed by atoms with Gasteiger partial charge in [-0.1, -0.05) is 11.6 Å². The average Bonchev–Trinajstić information content (AvgIpc) is 3.15. The van der Waals surface area contributed by atoms with Gasteiger partial charge in [-0.25, -0.2) is 14.2 Å². The molecule has 1 N–H and O–H groups in total. The minimum Gasteiger partial charge on any atom is -0.465 e. The summed E-state index contributed by atoms with van der Waals surface area (Å²) in [5, 5.41) is 2.94. The first-order valence-corrected chi connectivity index (χ1v) is 9.21. The SMILES string of the molecule is COC(=O)c1cc(NC(=O)c2ncn(C(C)C)c2-c2ccc(F)cc2)ccc1Cl. The lowest BCUT2D eigenvalue weighted by atomic mass is 10.1. The van der Waals surface area contributed by atoms with Gasteiger partial charge in [-0.2, -0.15) is 0 Å². The molecule has 0 aliphatic rings. The van der Waals surface area contributed by atoms with E-state index in [-0.39, 0.29) is 28.1 Å². The maximum absolute atomic E-state index is 13.3. The molecule has 0 saturated carbocycles. The van der Waals surface area contributed by atoms with E-state index in [4.69, 9.17) is 16.3 Å². The van der Waals surface area contributed by atoms with E-state index in [0.717, 1.165) is 0 Å². The van der Waals surface area contributed by atoms with Crippen LogP contribution in [0, 0.1) is 5.82 Å². The Morgan fingerprint density at radius 2 is 1.86 bits per heavy atom. The molecule has 1 heterocycles. The van der Waals surface area contributed by atoms with Crippen molar-refractivity contribution in [1.29, 1.82) is 0 Å². The summed E-state index contributed by atoms with van der Waals surface area (Å²) in [6, 6.07) is 10.4. The second kappa shape index (κ2) is 8.45. The maximum atomic E-state index is 13.3. The van der Waals surface area contributed by atoms with Crippen LogP contribution in [-0.2, 0) is 4.74 Å². The molecule has 150 valence electrons. The summed E-state index contributed by atoms with van der Waals surface area (Å²) in [4.78, 5) is 29.0. The fraction of sp³-hybridized carbons (Fsp3) is 0.190. The molecule has 0 unspecified atom stereocenters. The van der Waals surface area contributed by atoms with Gasteiger partial charge in [-0.05, 0) is 56.3 Å². The number of aromatic nitrogens is 2. The summed E-state index contributed by atoms with van der Waals surface area (Å²) in [6.07, 6.45) is 1.57. The molecule has 29 heavy (non-hydrogen) atoms. The number of nitrogens with zero attached hydrogens (tertiary/aromatic N) is 2. The number of imidazole rings is 1. The predicted molar refractivity (Wildman–Crippen MR) is 109 cm³/mol. The molecule has 0 aliphatic heterocycles. The summed E-state index contributed by atoms with van der Waals surface area (Å²) in [5.41, 5.74) is 1.91. The van der Waals surface area contributed by atoms with Gasteiger partial charge in [-0.15, -0.1) is 0 Å². The lowest BCUT2D eigenvalue weighted by Crippen LogP contribution is -2.15. The van der Waals surface area contributed by atoms with E-state index >= 15 is 0 Å². The van der Waals surface area contributed by atoms with Gasteiger partial charge in [0, 0.05) is 17.3 Å². The molecule has 2 aromatic carbocycles. The number of anilines is 1. The molecule has 6 nitrogen and oxygen atoms in total. The van der Waals surface area contributed by atoms with Gasteiger partial charge >= 0.3 is 5.97 Å². The Labute approximate surface area is 172 Å². The number of esters is 1. The average molecular weight is 416 g/mol. The zero-order chi connectivity index (χ0) is 21.1. The van der Waals surface area contributed by atoms with E-state index in [0.29, 0.717) is 16.9 Å². The molecule has 1 aromatic heterocycles. The predicted octanol–water partition coefficient (Wildman–Crippen LogP) is 4.96. The van der Waals surface area contributed by atoms with Crippen molar-refractivity contribution in [2.45, 2.75) is 19.9 Å². The first kappa shape index (κ1) is 20.5. The fourth-order valence-corrected chi connectivity index (χ4v) is 3.07. The number of methoxy groups -OCH3 is 1. The van der Waals surface area contributed by atoms with E-state index in [1.165, 1.54) is 31.4 Å². The van der Waals surface area contributed by atoms with E-state index in [9.17, 15) is 14.0 Å². The standard InChI is InChI=1S/C21H19ClFN3O3/c1-12(2)26-11-24-18(19(26)13-4-6-14(23)7-5-13)20(27)25-15-8-9-17(22)16(10-15)21(28)29-3/h4-12H,1-3H3,(H,25,27). The van der Waals surface area contributed by atoms with Crippen LogP contribution in [0.3, 0.4) is 0 Å². The smallest absolute Gasteiger partial charge is 0.339 e. The molecule has 8 heteroatoms. The third-order valence-corrected chi connectivity index (χ3v) is 4.64. The van der Waals surface area contributed by atoms with E-state index in [1.54, 1.807) is 24.5 Å². The number of amides is 1. The number of hydrogen-bond acceptors (Lipinski definition) is 4. The highest BCUT2D eigenvalue weighted by Gasteiger charge is 2.22. The molecule has 3 aromatic rings. The summed E-state index contributed by atoms with van der Waals surface area (Å²) in [6.45, 7) is 3.91. The molecule has 1 amide bonds. The maximum Gasteiger partial charge on any atom is 0.339 e. The van der Waals surface area contributed by atoms with Gasteiger partial charge in [-0.3, -0.25) is 4.79 Å². The second-order valence-corrected chi connectivity index (χ2v) is 7.00. The number of carbonyl (C=O) groups excluding carboxylic acids is 2. The number of benzene rings is 2. The first-order valence-electron chi connectivity index (χ1n) is 8.83. The summed E-state index contributed by atoms with van der Waals surface area (Å²) < 4.78 is 19.9. The lowest BCUT2D eigenvalue weighted by Gasteiger charge is -2.14. The molecular formula is C21H19ClFN3O3. The van der Waals surface area contributed by atoms with Crippen LogP contribution in [0.4, 0.5) is 10.1 Å². The van der Waals surface area contributed by atoms with Gasteiger partial charge in [0.25, 0.3) is 5.91 Å². The zero-order valence-corrected chi connectivity index (χ0v) is 16.8. The Kier molecular flexibility index (Phi) is 5.98. The number of halogens is 2. The van der Waals surface area contributed by atoms with Gasteiger partial charge in [0.05, 0.1) is 29.7 Å². The Balaban J connectivity index is 1.98. The van der Waals surface area contributed by atoms with Crippen LogP contribution in [0.2, 0.25) is 5.02 Å². The van der Waals surface area contributed by atoms with Crippen LogP contribution in [0.1, 0.15) is 40.7 Å². The van der Waals surface area contributed by atoms with Crippen molar-refractivity contribution in [3.63, 3.8) is 0 Å². The van der Waals surface area contributed by atoms with E-state index in [1.807, 2.05) is 18.4 Å². The van der Waals surface area contributed by atoms with Crippen LogP contribution in [0.15, 0.2) is 48.8 Å². The van der Waals surface area contributed by atoms with Crippen molar-refractivity contribution in [2.75, 3.05) is 12.4 Å². The fourth-order valence-electron chi connectivity index (χ4n) is 2.87. The van der Waals surface area contributed by atoms with E-state index in [2.05, 4.69) is 10.3 Å². The largest absolute Gasteiger partial charge is 0.465 e. The molecule has 0 spiro atoms. The zero-order valence-electron chi connectivity index (χ0n) is 16.1. The molecule has 0 fully saturated rings. The Bertz CT molecular complexity index is 1060. The summed E-state index contributed by atoms with van der Waals surface area (Å²) in [7, 11) is 1.25. The molecular weight excluding hydrogens is 397 g/mol. The van der Waals surface area contributed by atoms with Gasteiger partial charge < -0.3 is 14.6 Å². The lowest BCUT2D eigenvalue weighted by molar-refractivity contribution is 0.0600. The van der Waals surface area contributed by atoms with Crippen LogP contribution in [0.25, 0.3) is 11.3 Å². The van der Waals surface area contributed by atoms with Crippen LogP contribution >= 0.6 is 11.6 Å². The third-order valence-electron chi connectivity index (χ3n) is 4.31. The van der Waals surface area contributed by atoms with Crippen molar-refractivity contribution >= 4 is 29.2 Å². The molecule has 0 atom stereocenters. The van der Waals surface area contributed by atoms with Crippen molar-refractivity contribution in [3.05, 3.63) is 70.9 Å². The quantitative estimate of drug-likeness (QED) is 0.597. The highest BCUT2D eigenvalue weighted by atomic mass is 35.5. The Hall–Kier alpha value is -3.19. The van der Waals surface area contributed by atoms with Crippen LogP contribution in [0.5, 0.6) is 0 Å². The number of nitrogens with one attached hydrogen (secondary N) is 1. The molecule has 0 bridgehead atoms. The number of rotatable bonds is 5. The normalized spacial score (nSPS) is 10.8. The number of carbonyl (C=O) groups is 2. The third kappa shape index (κ3) is 4.30. The number of hydrogen-bond donors (Lipinski definition) is 1. The Morgan fingerprint density at radius 3 is 2.48 bits per heavy atom. The highest BCUT2D eigenvalue weighted by Crippen LogP contribution is 2.28. The first-order chi connectivity index (χ1) is 13.8. The topological polar surface area (TPSA) is 73.2 Å². The minimum atomic E-state index is -0.609. The van der Waals surface area contributed by atoms with Gasteiger partial charge in [0.2, 0.25) is 0 Å². The second-order valence-electron chi connectivity index (χ2n) is 6.59. The van der Waals surface area contributed by atoms with Gasteiger partial charge in [0.1, 0.15) is 5.82 Å². The molecule has 0 saturated heterocycles.